The fourth-order valence-corrected chi connectivity index (χ4v) is 1.98. The Labute approximate surface area is 107 Å². The number of halogens is 3. The Hall–Kier alpha value is -0.890. The molecule has 0 aromatic carbocycles. The zero-order valence-electron chi connectivity index (χ0n) is 10.2. The summed E-state index contributed by atoms with van der Waals surface area (Å²) in [6, 6.07) is 0. The van der Waals surface area contributed by atoms with Crippen LogP contribution in [0.3, 0.4) is 0 Å². The molecule has 0 aliphatic carbocycles. The van der Waals surface area contributed by atoms with Gasteiger partial charge in [0.25, 0.3) is 0 Å². The second kappa shape index (κ2) is 5.83. The summed E-state index contributed by atoms with van der Waals surface area (Å²) in [7, 11) is 0. The summed E-state index contributed by atoms with van der Waals surface area (Å²) in [5, 5.41) is 17.4. The van der Waals surface area contributed by atoms with Crippen LogP contribution in [0.5, 0.6) is 0 Å². The fraction of sp³-hybridized carbons (Fsp3) is 0.800. The molecule has 0 fully saturated rings. The van der Waals surface area contributed by atoms with Crippen LogP contribution in [-0.2, 0) is 6.18 Å². The molecule has 18 heavy (non-hydrogen) atoms. The normalized spacial score (nSPS) is 12.8. The smallest absolute Gasteiger partial charge is 0.396 e. The van der Waals surface area contributed by atoms with E-state index in [0.29, 0.717) is 24.3 Å². The Morgan fingerprint density at radius 2 is 1.94 bits per heavy atom. The standard InChI is InChI=1S/C10H16F3N3OS/c1-9(2,4-3-5-17)6-14-8-16-15-7(18-8)10(11,12)13/h17H,3-6H2,1-2H3,(H,14,16). The minimum Gasteiger partial charge on any atom is -0.396 e. The van der Waals surface area contributed by atoms with Crippen molar-refractivity contribution in [3.8, 4) is 0 Å². The van der Waals surface area contributed by atoms with Gasteiger partial charge in [0.1, 0.15) is 0 Å². The Morgan fingerprint density at radius 3 is 2.44 bits per heavy atom. The van der Waals surface area contributed by atoms with E-state index < -0.39 is 11.2 Å². The number of alkyl halides is 3. The summed E-state index contributed by atoms with van der Waals surface area (Å²) in [6.07, 6.45) is -3.00. The van der Waals surface area contributed by atoms with E-state index in [1.54, 1.807) is 0 Å². The summed E-state index contributed by atoms with van der Waals surface area (Å²) in [5.41, 5.74) is -0.118. The molecular formula is C10H16F3N3OS. The van der Waals surface area contributed by atoms with Crippen LogP contribution in [0, 0.1) is 5.41 Å². The molecule has 0 bridgehead atoms. The van der Waals surface area contributed by atoms with E-state index in [1.165, 1.54) is 0 Å². The molecule has 2 N–H and O–H groups in total. The molecule has 1 heterocycles. The summed E-state index contributed by atoms with van der Waals surface area (Å²) >= 11 is 0.497. The Morgan fingerprint density at radius 1 is 1.28 bits per heavy atom. The molecule has 0 unspecified atom stereocenters. The zero-order chi connectivity index (χ0) is 13.8. The molecule has 1 aromatic heterocycles. The maximum atomic E-state index is 12.3. The highest BCUT2D eigenvalue weighted by Gasteiger charge is 2.35. The summed E-state index contributed by atoms with van der Waals surface area (Å²) < 4.78 is 36.9. The lowest BCUT2D eigenvalue weighted by Crippen LogP contribution is -2.23. The number of aliphatic hydroxyl groups is 1. The predicted molar refractivity (Wildman–Crippen MR) is 63.5 cm³/mol. The van der Waals surface area contributed by atoms with Gasteiger partial charge in [0.05, 0.1) is 0 Å². The molecular weight excluding hydrogens is 267 g/mol. The van der Waals surface area contributed by atoms with Crippen molar-refractivity contribution in [2.24, 2.45) is 5.41 Å². The highest BCUT2D eigenvalue weighted by Crippen LogP contribution is 2.33. The first-order valence-electron chi connectivity index (χ1n) is 5.50. The first-order valence-corrected chi connectivity index (χ1v) is 6.32. The maximum absolute atomic E-state index is 12.3. The number of rotatable bonds is 6. The minimum absolute atomic E-state index is 0.112. The van der Waals surface area contributed by atoms with Crippen LogP contribution < -0.4 is 5.32 Å². The summed E-state index contributed by atoms with van der Waals surface area (Å²) in [4.78, 5) is 0. The van der Waals surface area contributed by atoms with Gasteiger partial charge in [0.2, 0.25) is 10.1 Å². The number of aromatic nitrogens is 2. The lowest BCUT2D eigenvalue weighted by molar-refractivity contribution is -0.138. The molecule has 0 saturated carbocycles. The number of aliphatic hydroxyl groups excluding tert-OH is 1. The lowest BCUT2D eigenvalue weighted by atomic mass is 9.88. The maximum Gasteiger partial charge on any atom is 0.445 e. The molecule has 0 aliphatic rings. The van der Waals surface area contributed by atoms with Crippen LogP contribution >= 0.6 is 11.3 Å². The zero-order valence-corrected chi connectivity index (χ0v) is 11.0. The third-order valence-corrected chi connectivity index (χ3v) is 3.32. The van der Waals surface area contributed by atoms with E-state index in [4.69, 9.17) is 5.11 Å². The molecule has 0 radical (unpaired) electrons. The Kier molecular flexibility index (Phi) is 4.92. The van der Waals surface area contributed by atoms with E-state index in [1.807, 2.05) is 13.8 Å². The molecule has 1 rings (SSSR count). The van der Waals surface area contributed by atoms with E-state index in [9.17, 15) is 13.2 Å². The first kappa shape index (κ1) is 15.2. The van der Waals surface area contributed by atoms with Gasteiger partial charge in [-0.3, -0.25) is 0 Å². The quantitative estimate of drug-likeness (QED) is 0.843. The second-order valence-electron chi connectivity index (χ2n) is 4.76. The van der Waals surface area contributed by atoms with E-state index in [0.717, 1.165) is 6.42 Å². The van der Waals surface area contributed by atoms with Gasteiger partial charge < -0.3 is 10.4 Å². The van der Waals surface area contributed by atoms with Gasteiger partial charge in [0.15, 0.2) is 0 Å². The van der Waals surface area contributed by atoms with Crippen molar-refractivity contribution in [2.45, 2.75) is 32.9 Å². The van der Waals surface area contributed by atoms with Gasteiger partial charge in [0, 0.05) is 13.2 Å². The minimum atomic E-state index is -4.44. The van der Waals surface area contributed by atoms with Crippen molar-refractivity contribution in [3.63, 3.8) is 0 Å². The molecule has 0 spiro atoms. The molecule has 1 aromatic rings. The average molecular weight is 283 g/mol. The second-order valence-corrected chi connectivity index (χ2v) is 5.73. The van der Waals surface area contributed by atoms with Gasteiger partial charge in [-0.2, -0.15) is 13.2 Å². The number of hydrogen-bond acceptors (Lipinski definition) is 5. The molecule has 104 valence electrons. The number of nitrogens with one attached hydrogen (secondary N) is 1. The third-order valence-electron chi connectivity index (χ3n) is 2.40. The number of anilines is 1. The van der Waals surface area contributed by atoms with Gasteiger partial charge in [-0.25, -0.2) is 0 Å². The van der Waals surface area contributed by atoms with E-state index in [-0.39, 0.29) is 17.2 Å². The molecule has 0 amide bonds. The molecule has 8 heteroatoms. The highest BCUT2D eigenvalue weighted by molar-refractivity contribution is 7.15. The Bertz CT molecular complexity index is 379. The van der Waals surface area contributed by atoms with Gasteiger partial charge in [-0.05, 0) is 18.3 Å². The topological polar surface area (TPSA) is 58.0 Å². The fourth-order valence-electron chi connectivity index (χ4n) is 1.37. The van der Waals surface area contributed by atoms with Crippen LogP contribution in [0.25, 0.3) is 0 Å². The van der Waals surface area contributed by atoms with Gasteiger partial charge >= 0.3 is 6.18 Å². The number of nitrogens with zero attached hydrogens (tertiary/aromatic N) is 2. The van der Waals surface area contributed by atoms with Crippen LogP contribution in [0.2, 0.25) is 0 Å². The van der Waals surface area contributed by atoms with Crippen LogP contribution in [0.4, 0.5) is 18.3 Å². The lowest BCUT2D eigenvalue weighted by Gasteiger charge is -2.24. The summed E-state index contributed by atoms with van der Waals surface area (Å²) in [5.74, 6) is 0. The first-order chi connectivity index (χ1) is 8.24. The van der Waals surface area contributed by atoms with Crippen molar-refractivity contribution < 1.29 is 18.3 Å². The van der Waals surface area contributed by atoms with Gasteiger partial charge in [-0.15, -0.1) is 10.2 Å². The highest BCUT2D eigenvalue weighted by atomic mass is 32.1. The van der Waals surface area contributed by atoms with Crippen molar-refractivity contribution >= 4 is 16.5 Å². The van der Waals surface area contributed by atoms with Crippen molar-refractivity contribution in [3.05, 3.63) is 5.01 Å². The number of hydrogen-bond donors (Lipinski definition) is 2. The molecule has 4 nitrogen and oxygen atoms in total. The largest absolute Gasteiger partial charge is 0.445 e. The average Bonchev–Trinajstić information content (AvgIpc) is 2.72. The van der Waals surface area contributed by atoms with E-state index in [2.05, 4.69) is 15.5 Å². The summed E-state index contributed by atoms with van der Waals surface area (Å²) in [6.45, 7) is 4.54. The van der Waals surface area contributed by atoms with E-state index >= 15 is 0 Å². The van der Waals surface area contributed by atoms with Crippen LogP contribution in [-0.4, -0.2) is 28.5 Å². The van der Waals surface area contributed by atoms with Gasteiger partial charge in [-0.1, -0.05) is 25.2 Å². The molecule has 0 aliphatic heterocycles. The monoisotopic (exact) mass is 283 g/mol. The molecule has 0 atom stereocenters. The van der Waals surface area contributed by atoms with Crippen LogP contribution in [0.1, 0.15) is 31.7 Å². The molecule has 0 saturated heterocycles. The Balaban J connectivity index is 2.51. The predicted octanol–water partition coefficient (Wildman–Crippen LogP) is 2.77. The SMILES string of the molecule is CC(C)(CCCO)CNc1nnc(C(F)(F)F)s1. The third kappa shape index (κ3) is 4.77. The van der Waals surface area contributed by atoms with Crippen molar-refractivity contribution in [1.29, 1.82) is 0 Å². The van der Waals surface area contributed by atoms with Crippen molar-refractivity contribution in [2.75, 3.05) is 18.5 Å². The van der Waals surface area contributed by atoms with Crippen LogP contribution in [0.15, 0.2) is 0 Å². The van der Waals surface area contributed by atoms with Crippen molar-refractivity contribution in [1.82, 2.24) is 10.2 Å².